The Balaban J connectivity index is 3.05. The molecule has 0 radical (unpaired) electrons. The molecule has 0 fully saturated rings. The third-order valence-electron chi connectivity index (χ3n) is 1.99. The van der Waals surface area contributed by atoms with Crippen molar-refractivity contribution in [1.82, 2.24) is 4.72 Å². The first kappa shape index (κ1) is 12.5. The van der Waals surface area contributed by atoms with E-state index in [1.54, 1.807) is 18.2 Å². The van der Waals surface area contributed by atoms with Gasteiger partial charge < -0.3 is 4.90 Å². The largest absolute Gasteiger partial charge is 0.378 e. The zero-order chi connectivity index (χ0) is 12.2. The molecule has 1 rings (SSSR count). The molecule has 0 aromatic heterocycles. The molecule has 0 heterocycles. The van der Waals surface area contributed by atoms with Crippen molar-refractivity contribution in [2.24, 2.45) is 0 Å². The second-order valence-corrected chi connectivity index (χ2v) is 5.14. The molecule has 86 valence electrons. The molecule has 0 unspecified atom stereocenters. The van der Waals surface area contributed by atoms with Gasteiger partial charge in [0.15, 0.2) is 0 Å². The summed E-state index contributed by atoms with van der Waals surface area (Å²) in [4.78, 5) is 1.97. The van der Waals surface area contributed by atoms with Gasteiger partial charge >= 0.3 is 0 Å². The summed E-state index contributed by atoms with van der Waals surface area (Å²) in [5.74, 6) is 0. The van der Waals surface area contributed by atoms with Crippen LogP contribution in [0.3, 0.4) is 0 Å². The number of rotatable bonds is 4. The lowest BCUT2D eigenvalue weighted by Crippen LogP contribution is -2.24. The van der Waals surface area contributed by atoms with Gasteiger partial charge in [-0.05, 0) is 18.2 Å². The number of anilines is 1. The predicted molar refractivity (Wildman–Crippen MR) is 61.6 cm³/mol. The average Bonchev–Trinajstić information content (AvgIpc) is 2.26. The van der Waals surface area contributed by atoms with Crippen molar-refractivity contribution in [1.29, 1.82) is 5.26 Å². The first-order valence-corrected chi connectivity index (χ1v) is 6.09. The minimum absolute atomic E-state index is 0.161. The number of nitrogens with one attached hydrogen (secondary N) is 1. The molecule has 1 aromatic rings. The number of nitrogens with zero attached hydrogens (tertiary/aromatic N) is 2. The standard InChI is InChI=1S/C10H13N3O2S/c1-13(2)9-4-3-5-10(8-9)16(14,15)12-7-6-11/h3-5,8,12H,7H2,1-2H3. The molecule has 0 aliphatic rings. The highest BCUT2D eigenvalue weighted by molar-refractivity contribution is 7.89. The molecular weight excluding hydrogens is 226 g/mol. The van der Waals surface area contributed by atoms with Crippen LogP contribution in [0.4, 0.5) is 5.69 Å². The van der Waals surface area contributed by atoms with E-state index in [-0.39, 0.29) is 11.4 Å². The molecule has 0 saturated heterocycles. The van der Waals surface area contributed by atoms with Crippen molar-refractivity contribution in [3.05, 3.63) is 24.3 Å². The van der Waals surface area contributed by atoms with E-state index in [1.807, 2.05) is 25.1 Å². The first-order valence-electron chi connectivity index (χ1n) is 4.61. The van der Waals surface area contributed by atoms with Gasteiger partial charge in [0.1, 0.15) is 0 Å². The smallest absolute Gasteiger partial charge is 0.241 e. The summed E-state index contributed by atoms with van der Waals surface area (Å²) in [5.41, 5.74) is 0.792. The van der Waals surface area contributed by atoms with Crippen LogP contribution >= 0.6 is 0 Å². The summed E-state index contributed by atoms with van der Waals surface area (Å²) < 4.78 is 25.6. The average molecular weight is 239 g/mol. The molecule has 0 saturated carbocycles. The van der Waals surface area contributed by atoms with Crippen LogP contribution in [0.2, 0.25) is 0 Å². The Bertz CT molecular complexity index is 503. The zero-order valence-electron chi connectivity index (χ0n) is 9.14. The Morgan fingerprint density at radius 1 is 1.44 bits per heavy atom. The van der Waals surface area contributed by atoms with Crippen LogP contribution in [0.15, 0.2) is 29.2 Å². The fraction of sp³-hybridized carbons (Fsp3) is 0.300. The minimum atomic E-state index is -3.58. The topological polar surface area (TPSA) is 73.2 Å². The summed E-state index contributed by atoms with van der Waals surface area (Å²) in [5, 5.41) is 8.33. The van der Waals surface area contributed by atoms with Gasteiger partial charge in [0.05, 0.1) is 17.5 Å². The fourth-order valence-electron chi connectivity index (χ4n) is 1.14. The highest BCUT2D eigenvalue weighted by atomic mass is 32.2. The van der Waals surface area contributed by atoms with E-state index in [4.69, 9.17) is 5.26 Å². The van der Waals surface area contributed by atoms with E-state index in [0.717, 1.165) is 5.69 Å². The van der Waals surface area contributed by atoms with Gasteiger partial charge in [0, 0.05) is 19.8 Å². The van der Waals surface area contributed by atoms with Crippen LogP contribution in [0, 0.1) is 11.3 Å². The maximum absolute atomic E-state index is 11.7. The van der Waals surface area contributed by atoms with Crippen molar-refractivity contribution in [3.8, 4) is 6.07 Å². The molecule has 5 nitrogen and oxygen atoms in total. The van der Waals surface area contributed by atoms with Gasteiger partial charge in [-0.15, -0.1) is 0 Å². The van der Waals surface area contributed by atoms with Crippen LogP contribution in [0.1, 0.15) is 0 Å². The summed E-state index contributed by atoms with van der Waals surface area (Å²) in [7, 11) is 0.0780. The Kier molecular flexibility index (Phi) is 3.88. The molecule has 0 amide bonds. The lowest BCUT2D eigenvalue weighted by atomic mass is 10.3. The molecule has 0 aliphatic heterocycles. The van der Waals surface area contributed by atoms with Crippen LogP contribution in [-0.2, 0) is 10.0 Å². The second-order valence-electron chi connectivity index (χ2n) is 3.37. The number of hydrogen-bond acceptors (Lipinski definition) is 4. The first-order chi connectivity index (χ1) is 7.47. The molecule has 16 heavy (non-hydrogen) atoms. The molecule has 0 aliphatic carbocycles. The van der Waals surface area contributed by atoms with Gasteiger partial charge in [0.25, 0.3) is 0 Å². The summed E-state index contributed by atoms with van der Waals surface area (Å²) in [6.07, 6.45) is 0. The van der Waals surface area contributed by atoms with Crippen LogP contribution in [-0.4, -0.2) is 29.1 Å². The maximum atomic E-state index is 11.7. The maximum Gasteiger partial charge on any atom is 0.241 e. The van der Waals surface area contributed by atoms with Crippen molar-refractivity contribution in [2.45, 2.75) is 4.90 Å². The second kappa shape index (κ2) is 4.96. The Labute approximate surface area is 95.4 Å². The molecular formula is C10H13N3O2S. The van der Waals surface area contributed by atoms with E-state index < -0.39 is 10.0 Å². The van der Waals surface area contributed by atoms with Crippen LogP contribution < -0.4 is 9.62 Å². The summed E-state index contributed by atoms with van der Waals surface area (Å²) in [6.45, 7) is -0.228. The summed E-state index contributed by atoms with van der Waals surface area (Å²) in [6, 6.07) is 8.25. The Morgan fingerprint density at radius 3 is 2.69 bits per heavy atom. The molecule has 1 aromatic carbocycles. The summed E-state index contributed by atoms with van der Waals surface area (Å²) >= 11 is 0. The molecule has 0 atom stereocenters. The third kappa shape index (κ3) is 2.95. The Morgan fingerprint density at radius 2 is 2.12 bits per heavy atom. The predicted octanol–water partition coefficient (Wildman–Crippen LogP) is 0.554. The lowest BCUT2D eigenvalue weighted by molar-refractivity contribution is 0.586. The van der Waals surface area contributed by atoms with Crippen LogP contribution in [0.5, 0.6) is 0 Å². The molecule has 1 N–H and O–H groups in total. The third-order valence-corrected chi connectivity index (χ3v) is 3.38. The number of nitriles is 1. The molecule has 6 heteroatoms. The van der Waals surface area contributed by atoms with Gasteiger partial charge in [-0.3, -0.25) is 0 Å². The SMILES string of the molecule is CN(C)c1cccc(S(=O)(=O)NCC#N)c1. The quantitative estimate of drug-likeness (QED) is 0.779. The van der Waals surface area contributed by atoms with Crippen molar-refractivity contribution < 1.29 is 8.42 Å². The van der Waals surface area contributed by atoms with Crippen LogP contribution in [0.25, 0.3) is 0 Å². The Hall–Kier alpha value is -1.58. The van der Waals surface area contributed by atoms with Gasteiger partial charge in [-0.1, -0.05) is 6.07 Å². The fourth-order valence-corrected chi connectivity index (χ4v) is 2.09. The molecule has 0 bridgehead atoms. The van der Waals surface area contributed by atoms with Gasteiger partial charge in [0.2, 0.25) is 10.0 Å². The van der Waals surface area contributed by atoms with Crippen molar-refractivity contribution >= 4 is 15.7 Å². The number of hydrogen-bond donors (Lipinski definition) is 1. The van der Waals surface area contributed by atoms with Crippen molar-refractivity contribution in [3.63, 3.8) is 0 Å². The van der Waals surface area contributed by atoms with Gasteiger partial charge in [-0.2, -0.15) is 9.98 Å². The highest BCUT2D eigenvalue weighted by Gasteiger charge is 2.13. The highest BCUT2D eigenvalue weighted by Crippen LogP contribution is 2.16. The van der Waals surface area contributed by atoms with E-state index in [0.29, 0.717) is 0 Å². The number of sulfonamides is 1. The molecule has 0 spiro atoms. The van der Waals surface area contributed by atoms with Crippen molar-refractivity contribution in [2.75, 3.05) is 25.5 Å². The zero-order valence-corrected chi connectivity index (χ0v) is 9.95. The lowest BCUT2D eigenvalue weighted by Gasteiger charge is -2.13. The van der Waals surface area contributed by atoms with E-state index in [9.17, 15) is 8.42 Å². The van der Waals surface area contributed by atoms with E-state index >= 15 is 0 Å². The number of benzene rings is 1. The van der Waals surface area contributed by atoms with E-state index in [1.165, 1.54) is 6.07 Å². The normalized spacial score (nSPS) is 10.8. The van der Waals surface area contributed by atoms with Gasteiger partial charge in [-0.25, -0.2) is 8.42 Å². The minimum Gasteiger partial charge on any atom is -0.378 e. The van der Waals surface area contributed by atoms with E-state index in [2.05, 4.69) is 4.72 Å². The monoisotopic (exact) mass is 239 g/mol.